The molecule has 0 amide bonds. The Bertz CT molecular complexity index is 217. The second kappa shape index (κ2) is 5.88. The van der Waals surface area contributed by atoms with Crippen LogP contribution in [0.4, 0.5) is 5.13 Å². The van der Waals surface area contributed by atoms with Gasteiger partial charge in [-0.2, -0.15) is 4.37 Å². The largest absolute Gasteiger partial charge is 0.374 e. The molecule has 0 radical (unpaired) electrons. The van der Waals surface area contributed by atoms with Gasteiger partial charge in [0, 0.05) is 24.7 Å². The quantitative estimate of drug-likeness (QED) is 0.763. The minimum Gasteiger partial charge on any atom is -0.374 e. The van der Waals surface area contributed by atoms with Crippen LogP contribution in [0.5, 0.6) is 0 Å². The van der Waals surface area contributed by atoms with E-state index >= 15 is 0 Å². The lowest BCUT2D eigenvalue weighted by Gasteiger charge is -1.96. The second-order valence-electron chi connectivity index (χ2n) is 2.58. The molecule has 0 bridgehead atoms. The third-order valence-electron chi connectivity index (χ3n) is 1.43. The second-order valence-corrected chi connectivity index (χ2v) is 3.33. The van der Waals surface area contributed by atoms with Crippen molar-refractivity contribution >= 4 is 16.7 Å². The van der Waals surface area contributed by atoms with Crippen molar-refractivity contribution in [2.75, 3.05) is 18.5 Å². The van der Waals surface area contributed by atoms with E-state index in [4.69, 9.17) is 4.74 Å². The number of ether oxygens (including phenoxy) is 1. The molecular formula is C8H15N3OS. The van der Waals surface area contributed by atoms with Crippen molar-refractivity contribution in [2.45, 2.75) is 26.9 Å². The number of aromatic nitrogens is 2. The fourth-order valence-electron chi connectivity index (χ4n) is 0.810. The molecule has 0 spiro atoms. The predicted molar refractivity (Wildman–Crippen MR) is 54.0 cm³/mol. The first-order valence-corrected chi connectivity index (χ1v) is 5.28. The van der Waals surface area contributed by atoms with Crippen LogP contribution in [0.3, 0.4) is 0 Å². The highest BCUT2D eigenvalue weighted by atomic mass is 32.1. The molecule has 0 aromatic carbocycles. The normalized spacial score (nSPS) is 10.3. The zero-order chi connectivity index (χ0) is 9.52. The standard InChI is InChI=1S/C8H15N3OS/c1-3-5-9-8-10-7(11-13-8)6-12-4-2/h3-6H2,1-2H3,(H,9,10,11). The van der Waals surface area contributed by atoms with Crippen molar-refractivity contribution < 1.29 is 4.74 Å². The average Bonchev–Trinajstić information content (AvgIpc) is 2.59. The first kappa shape index (κ1) is 10.4. The minimum absolute atomic E-state index is 0.515. The Morgan fingerprint density at radius 2 is 2.31 bits per heavy atom. The highest BCUT2D eigenvalue weighted by Gasteiger charge is 2.01. The van der Waals surface area contributed by atoms with E-state index in [9.17, 15) is 0 Å². The molecule has 1 aromatic heterocycles. The first-order valence-electron chi connectivity index (χ1n) is 4.51. The number of nitrogens with zero attached hydrogens (tertiary/aromatic N) is 2. The molecule has 0 fully saturated rings. The van der Waals surface area contributed by atoms with E-state index in [1.807, 2.05) is 6.92 Å². The Balaban J connectivity index is 2.34. The molecule has 13 heavy (non-hydrogen) atoms. The summed E-state index contributed by atoms with van der Waals surface area (Å²) in [5, 5.41) is 4.07. The summed E-state index contributed by atoms with van der Waals surface area (Å²) in [4.78, 5) is 4.26. The van der Waals surface area contributed by atoms with E-state index < -0.39 is 0 Å². The number of rotatable bonds is 6. The van der Waals surface area contributed by atoms with Gasteiger partial charge in [0.1, 0.15) is 6.61 Å². The van der Waals surface area contributed by atoms with E-state index in [1.165, 1.54) is 11.5 Å². The Labute approximate surface area is 82.5 Å². The van der Waals surface area contributed by atoms with E-state index in [0.29, 0.717) is 13.2 Å². The summed E-state index contributed by atoms with van der Waals surface area (Å²) in [6, 6.07) is 0. The Morgan fingerprint density at radius 3 is 3.00 bits per heavy atom. The monoisotopic (exact) mass is 201 g/mol. The molecular weight excluding hydrogens is 186 g/mol. The Morgan fingerprint density at radius 1 is 1.46 bits per heavy atom. The molecule has 1 N–H and O–H groups in total. The van der Waals surface area contributed by atoms with Gasteiger partial charge in [-0.15, -0.1) is 0 Å². The van der Waals surface area contributed by atoms with Crippen molar-refractivity contribution in [3.63, 3.8) is 0 Å². The summed E-state index contributed by atoms with van der Waals surface area (Å²) in [6.07, 6.45) is 1.10. The van der Waals surface area contributed by atoms with Gasteiger partial charge in [0.25, 0.3) is 0 Å². The van der Waals surface area contributed by atoms with Gasteiger partial charge in [-0.1, -0.05) is 6.92 Å². The fraction of sp³-hybridized carbons (Fsp3) is 0.750. The van der Waals surface area contributed by atoms with Gasteiger partial charge in [0.05, 0.1) is 0 Å². The molecule has 0 aliphatic heterocycles. The molecule has 74 valence electrons. The van der Waals surface area contributed by atoms with Crippen LogP contribution in [0.15, 0.2) is 0 Å². The zero-order valence-corrected chi connectivity index (χ0v) is 8.86. The summed E-state index contributed by atoms with van der Waals surface area (Å²) < 4.78 is 9.34. The maximum absolute atomic E-state index is 5.19. The van der Waals surface area contributed by atoms with Gasteiger partial charge in [-0.25, -0.2) is 4.98 Å². The molecule has 1 heterocycles. The molecule has 1 aromatic rings. The summed E-state index contributed by atoms with van der Waals surface area (Å²) in [5.74, 6) is 0.769. The molecule has 4 nitrogen and oxygen atoms in total. The van der Waals surface area contributed by atoms with Gasteiger partial charge in [0.15, 0.2) is 5.82 Å². The summed E-state index contributed by atoms with van der Waals surface area (Å²) >= 11 is 1.39. The smallest absolute Gasteiger partial charge is 0.202 e. The minimum atomic E-state index is 0.515. The van der Waals surface area contributed by atoms with Crippen molar-refractivity contribution in [1.29, 1.82) is 0 Å². The highest BCUT2D eigenvalue weighted by Crippen LogP contribution is 2.11. The topological polar surface area (TPSA) is 47.0 Å². The third kappa shape index (κ3) is 3.69. The highest BCUT2D eigenvalue weighted by molar-refractivity contribution is 7.09. The van der Waals surface area contributed by atoms with E-state index in [1.54, 1.807) is 0 Å². The Hall–Kier alpha value is -0.680. The van der Waals surface area contributed by atoms with E-state index in [0.717, 1.165) is 23.9 Å². The van der Waals surface area contributed by atoms with E-state index in [-0.39, 0.29) is 0 Å². The maximum atomic E-state index is 5.19. The molecule has 1 rings (SSSR count). The van der Waals surface area contributed by atoms with Gasteiger partial charge in [0.2, 0.25) is 5.13 Å². The van der Waals surface area contributed by atoms with Crippen LogP contribution in [-0.2, 0) is 11.3 Å². The molecule has 0 saturated heterocycles. The van der Waals surface area contributed by atoms with Crippen molar-refractivity contribution in [1.82, 2.24) is 9.36 Å². The summed E-state index contributed by atoms with van der Waals surface area (Å²) in [7, 11) is 0. The van der Waals surface area contributed by atoms with Crippen LogP contribution in [0.2, 0.25) is 0 Å². The van der Waals surface area contributed by atoms with Crippen LogP contribution >= 0.6 is 11.5 Å². The average molecular weight is 201 g/mol. The lowest BCUT2D eigenvalue weighted by molar-refractivity contribution is 0.129. The van der Waals surface area contributed by atoms with Crippen LogP contribution in [0.1, 0.15) is 26.1 Å². The number of hydrogen-bond acceptors (Lipinski definition) is 5. The first-order chi connectivity index (χ1) is 6.36. The van der Waals surface area contributed by atoms with Crippen LogP contribution in [0, 0.1) is 0 Å². The van der Waals surface area contributed by atoms with Crippen molar-refractivity contribution in [3.8, 4) is 0 Å². The fourth-order valence-corrected chi connectivity index (χ4v) is 1.41. The predicted octanol–water partition coefficient (Wildman–Crippen LogP) is 1.90. The SMILES string of the molecule is CCCNc1nc(COCC)ns1. The summed E-state index contributed by atoms with van der Waals surface area (Å²) in [5.41, 5.74) is 0. The Kier molecular flexibility index (Phi) is 4.70. The molecule has 0 atom stereocenters. The van der Waals surface area contributed by atoms with Crippen LogP contribution in [-0.4, -0.2) is 22.5 Å². The van der Waals surface area contributed by atoms with E-state index in [2.05, 4.69) is 21.6 Å². The third-order valence-corrected chi connectivity index (χ3v) is 2.14. The molecule has 0 aliphatic rings. The molecule has 0 unspecified atom stereocenters. The molecule has 0 saturated carbocycles. The van der Waals surface area contributed by atoms with Gasteiger partial charge >= 0.3 is 0 Å². The van der Waals surface area contributed by atoms with Gasteiger partial charge < -0.3 is 10.1 Å². The van der Waals surface area contributed by atoms with Crippen molar-refractivity contribution in [3.05, 3.63) is 5.82 Å². The van der Waals surface area contributed by atoms with Crippen molar-refractivity contribution in [2.24, 2.45) is 0 Å². The zero-order valence-electron chi connectivity index (χ0n) is 8.04. The van der Waals surface area contributed by atoms with Gasteiger partial charge in [-0.3, -0.25) is 0 Å². The molecule has 5 heteroatoms. The number of hydrogen-bond donors (Lipinski definition) is 1. The number of nitrogens with one attached hydrogen (secondary N) is 1. The maximum Gasteiger partial charge on any atom is 0.202 e. The summed E-state index contributed by atoms with van der Waals surface area (Å²) in [6.45, 7) is 6.25. The van der Waals surface area contributed by atoms with Gasteiger partial charge in [-0.05, 0) is 13.3 Å². The molecule has 0 aliphatic carbocycles. The number of anilines is 1. The van der Waals surface area contributed by atoms with Crippen LogP contribution in [0.25, 0.3) is 0 Å². The van der Waals surface area contributed by atoms with Crippen LogP contribution < -0.4 is 5.32 Å². The lowest BCUT2D eigenvalue weighted by Crippen LogP contribution is -1.99. The lowest BCUT2D eigenvalue weighted by atomic mass is 10.5.